The summed E-state index contributed by atoms with van der Waals surface area (Å²) in [5.41, 5.74) is -1.99. The van der Waals surface area contributed by atoms with Crippen molar-refractivity contribution in [1.82, 2.24) is 20.9 Å². The van der Waals surface area contributed by atoms with E-state index in [4.69, 9.17) is 0 Å². The van der Waals surface area contributed by atoms with Gasteiger partial charge >= 0.3 is 17.9 Å². The number of likely N-dealkylation sites (tertiary alicyclic amines) is 1. The van der Waals surface area contributed by atoms with Crippen molar-refractivity contribution in [2.24, 2.45) is 17.8 Å². The van der Waals surface area contributed by atoms with Gasteiger partial charge in [-0.1, -0.05) is 6.42 Å². The van der Waals surface area contributed by atoms with Gasteiger partial charge in [-0.15, -0.1) is 0 Å². The van der Waals surface area contributed by atoms with Gasteiger partial charge in [0.2, 0.25) is 11.8 Å². The van der Waals surface area contributed by atoms with Crippen LogP contribution in [0.1, 0.15) is 52.9 Å². The van der Waals surface area contributed by atoms with Crippen molar-refractivity contribution in [1.29, 1.82) is 0 Å². The predicted molar refractivity (Wildman–Crippen MR) is 124 cm³/mol. The predicted octanol–water partition coefficient (Wildman–Crippen LogP) is 0.983. The Labute approximate surface area is 217 Å². The summed E-state index contributed by atoms with van der Waals surface area (Å²) in [7, 11) is 0. The number of halogens is 4. The minimum absolute atomic E-state index is 0.0545. The van der Waals surface area contributed by atoms with Crippen LogP contribution in [0.5, 0.6) is 0 Å². The molecule has 3 fully saturated rings. The number of amides is 4. The van der Waals surface area contributed by atoms with Gasteiger partial charge in [-0.25, -0.2) is 8.78 Å². The summed E-state index contributed by atoms with van der Waals surface area (Å²) in [5, 5.41) is 7.11. The molecular weight excluding hydrogens is 516 g/mol. The monoisotopic (exact) mass is 550 g/mol. The molecule has 0 unspecified atom stereocenters. The Balaban J connectivity index is 1.79. The van der Waals surface area contributed by atoms with Crippen molar-refractivity contribution in [3.8, 4) is 0 Å². The second-order valence-electron chi connectivity index (χ2n) is 10.9. The van der Waals surface area contributed by atoms with Crippen molar-refractivity contribution >= 4 is 29.4 Å². The quantitative estimate of drug-likeness (QED) is 0.274. The fourth-order valence-corrected chi connectivity index (χ4v) is 5.36. The maximum Gasteiger partial charge on any atom is 0.353 e. The van der Waals surface area contributed by atoms with Crippen LogP contribution in [0.4, 0.5) is 17.6 Å². The maximum atomic E-state index is 13.5. The molecule has 2 saturated heterocycles. The zero-order valence-corrected chi connectivity index (χ0v) is 21.5. The summed E-state index contributed by atoms with van der Waals surface area (Å²) >= 11 is 0. The van der Waals surface area contributed by atoms with E-state index in [0.29, 0.717) is 32.7 Å². The van der Waals surface area contributed by atoms with Crippen LogP contribution in [0, 0.1) is 17.8 Å². The lowest BCUT2D eigenvalue weighted by atomic mass is 9.92. The molecule has 3 N–H and O–H groups in total. The van der Waals surface area contributed by atoms with Crippen LogP contribution < -0.4 is 16.0 Å². The number of carbonyl (C=O) groups excluding carboxylic acids is 5. The summed E-state index contributed by atoms with van der Waals surface area (Å²) in [6.45, 7) is 1.97. The van der Waals surface area contributed by atoms with Crippen molar-refractivity contribution in [2.75, 3.05) is 19.7 Å². The van der Waals surface area contributed by atoms with Crippen molar-refractivity contribution in [2.45, 2.75) is 83.0 Å². The van der Waals surface area contributed by atoms with E-state index >= 15 is 0 Å². The third-order valence-electron chi connectivity index (χ3n) is 7.45. The van der Waals surface area contributed by atoms with Crippen LogP contribution in [0.15, 0.2) is 0 Å². The highest BCUT2D eigenvalue weighted by molar-refractivity contribution is 6.35. The largest absolute Gasteiger partial charge is 0.356 e. The number of carbonyl (C=O) groups is 5. The lowest BCUT2D eigenvalue weighted by Crippen LogP contribution is -2.58. The smallest absolute Gasteiger partial charge is 0.353 e. The number of rotatable bonds is 10. The molecule has 0 aromatic carbocycles. The molecule has 0 aromatic heterocycles. The van der Waals surface area contributed by atoms with Gasteiger partial charge < -0.3 is 25.6 Å². The number of hydrogen-bond acceptors (Lipinski definition) is 6. The average molecular weight is 551 g/mol. The molecule has 0 spiro atoms. The van der Waals surface area contributed by atoms with E-state index in [1.54, 1.807) is 0 Å². The topological polar surface area (TPSA) is 134 Å². The number of ether oxygens (including phenoxy) is 1. The van der Waals surface area contributed by atoms with Gasteiger partial charge in [0.05, 0.1) is 11.6 Å². The number of nitrogens with zero attached hydrogens (tertiary/aromatic N) is 1. The molecule has 214 valence electrons. The number of ketones is 1. The molecule has 0 bridgehead atoms. The minimum atomic E-state index is -3.60. The molecule has 14 heteroatoms. The highest BCUT2D eigenvalue weighted by Crippen LogP contribution is 2.42. The number of alkyl halides is 4. The Morgan fingerprint density at radius 1 is 1.13 bits per heavy atom. The van der Waals surface area contributed by atoms with E-state index < -0.39 is 66.2 Å². The van der Waals surface area contributed by atoms with Gasteiger partial charge in [-0.05, 0) is 51.4 Å². The molecule has 4 amide bonds. The lowest BCUT2D eigenvalue weighted by molar-refractivity contribution is -0.223. The van der Waals surface area contributed by atoms with Crippen LogP contribution in [-0.4, -0.2) is 84.2 Å². The summed E-state index contributed by atoms with van der Waals surface area (Å²) in [4.78, 5) is 65.0. The molecule has 3 rings (SSSR count). The second-order valence-corrected chi connectivity index (χ2v) is 10.9. The summed E-state index contributed by atoms with van der Waals surface area (Å²) in [6, 6.07) is -2.53. The van der Waals surface area contributed by atoms with Gasteiger partial charge in [-0.2, -0.15) is 8.78 Å². The first-order valence-corrected chi connectivity index (χ1v) is 12.6. The van der Waals surface area contributed by atoms with Crippen LogP contribution in [0.2, 0.25) is 0 Å². The molecule has 0 aromatic rings. The Morgan fingerprint density at radius 3 is 2.39 bits per heavy atom. The number of Topliss-reactive ketones (excluding diaryl/α,β-unsaturated/α-hetero) is 1. The molecule has 3 aliphatic rings. The summed E-state index contributed by atoms with van der Waals surface area (Å²) in [5.74, 6) is -5.54. The molecule has 2 heterocycles. The molecule has 38 heavy (non-hydrogen) atoms. The molecule has 1 saturated carbocycles. The summed E-state index contributed by atoms with van der Waals surface area (Å²) < 4.78 is 57.1. The van der Waals surface area contributed by atoms with Crippen LogP contribution in [0.3, 0.4) is 0 Å². The number of fused-ring (bicyclic) bond motifs is 1. The Bertz CT molecular complexity index is 957. The van der Waals surface area contributed by atoms with Crippen molar-refractivity contribution in [3.05, 3.63) is 0 Å². The van der Waals surface area contributed by atoms with Crippen molar-refractivity contribution < 1.29 is 46.3 Å². The zero-order chi connectivity index (χ0) is 28.4. The second kappa shape index (κ2) is 11.5. The van der Waals surface area contributed by atoms with E-state index in [-0.39, 0.29) is 30.7 Å². The minimum Gasteiger partial charge on any atom is -0.356 e. The van der Waals surface area contributed by atoms with E-state index in [0.717, 1.165) is 25.2 Å². The van der Waals surface area contributed by atoms with Crippen LogP contribution in [-0.2, 0) is 28.7 Å². The first-order chi connectivity index (χ1) is 17.6. The van der Waals surface area contributed by atoms with Gasteiger partial charge in [0, 0.05) is 25.9 Å². The number of hydrogen-bond donors (Lipinski definition) is 3. The van der Waals surface area contributed by atoms with Crippen molar-refractivity contribution in [3.63, 3.8) is 0 Å². The third kappa shape index (κ3) is 7.00. The third-order valence-corrected chi connectivity index (χ3v) is 7.45. The molecule has 10 nitrogen and oxygen atoms in total. The molecule has 0 radical (unpaired) electrons. The normalized spacial score (nSPS) is 26.2. The fraction of sp³-hybridized carbons (Fsp3) is 0.792. The van der Waals surface area contributed by atoms with E-state index in [2.05, 4.69) is 15.4 Å². The van der Waals surface area contributed by atoms with Gasteiger partial charge in [0.1, 0.15) is 12.6 Å². The highest BCUT2D eigenvalue weighted by Gasteiger charge is 2.51. The highest BCUT2D eigenvalue weighted by atomic mass is 19.3. The first kappa shape index (κ1) is 29.8. The van der Waals surface area contributed by atoms with E-state index in [1.807, 2.05) is 5.32 Å². The van der Waals surface area contributed by atoms with Crippen LogP contribution in [0.25, 0.3) is 0 Å². The SMILES string of the molecule is CC(F)(F)OCC(=O)[C@H](C[C@@H]1CCNC1=O)NC(=O)[C@@H]1[C@H]2CCC[C@H]2CN1C(=O)C(=O)NC(C)(C)C(F)F. The maximum absolute atomic E-state index is 13.5. The summed E-state index contributed by atoms with van der Waals surface area (Å²) in [6.07, 6.45) is -4.31. The fourth-order valence-electron chi connectivity index (χ4n) is 5.36. The van der Waals surface area contributed by atoms with Gasteiger partial charge in [-0.3, -0.25) is 24.0 Å². The zero-order valence-electron chi connectivity index (χ0n) is 21.5. The average Bonchev–Trinajstić information content (AvgIpc) is 3.51. The molecular formula is C24H34F4N4O6. The van der Waals surface area contributed by atoms with E-state index in [1.165, 1.54) is 0 Å². The molecule has 1 aliphatic carbocycles. The Morgan fingerprint density at radius 2 is 1.82 bits per heavy atom. The Kier molecular flexibility index (Phi) is 9.04. The standard InChI is InChI=1S/C24H34F4N4O6/c1-23(2,22(25)26)31-20(36)21(37)32-10-13-5-4-6-14(13)17(32)19(35)30-15(9-12-7-8-29-18(12)34)16(33)11-38-24(3,27)28/h12-15,17,22H,4-11H2,1-3H3,(H,29,34)(H,30,35)(H,31,36)/t12-,13-,14-,15-,17-/m0/s1. The molecule has 5 atom stereocenters. The first-order valence-electron chi connectivity index (χ1n) is 12.6. The molecule has 2 aliphatic heterocycles. The van der Waals surface area contributed by atoms with E-state index in [9.17, 15) is 41.5 Å². The lowest BCUT2D eigenvalue weighted by Gasteiger charge is -2.30. The number of nitrogens with one attached hydrogen (secondary N) is 3. The Hall–Kier alpha value is -2.77. The van der Waals surface area contributed by atoms with Crippen LogP contribution >= 0.6 is 0 Å². The van der Waals surface area contributed by atoms with Gasteiger partial charge in [0.25, 0.3) is 6.43 Å². The van der Waals surface area contributed by atoms with Gasteiger partial charge in [0.15, 0.2) is 5.78 Å².